The van der Waals surface area contributed by atoms with Crippen molar-refractivity contribution in [3.63, 3.8) is 0 Å². The molecule has 5 nitrogen and oxygen atoms in total. The molecule has 0 aliphatic rings. The number of hydrogen-bond acceptors (Lipinski definition) is 5. The summed E-state index contributed by atoms with van der Waals surface area (Å²) in [5.74, 6) is -1.18. The zero-order valence-electron chi connectivity index (χ0n) is 14.8. The van der Waals surface area contributed by atoms with E-state index in [1.54, 1.807) is 12.1 Å². The van der Waals surface area contributed by atoms with E-state index < -0.39 is 18.0 Å². The summed E-state index contributed by atoms with van der Waals surface area (Å²) in [5.41, 5.74) is 2.70. The van der Waals surface area contributed by atoms with Crippen molar-refractivity contribution in [2.24, 2.45) is 0 Å². The fourth-order valence-electron chi connectivity index (χ4n) is 2.30. The molecule has 0 unspecified atom stereocenters. The number of halogens is 1. The van der Waals surface area contributed by atoms with Crippen LogP contribution in [0.3, 0.4) is 0 Å². The fraction of sp³-hybridized carbons (Fsp3) is 0.316. The normalized spacial score (nSPS) is 11.7. The molecular weight excluding hydrogens is 374 g/mol. The summed E-state index contributed by atoms with van der Waals surface area (Å²) < 4.78 is 5.63. The van der Waals surface area contributed by atoms with E-state index in [0.29, 0.717) is 14.9 Å². The first kappa shape index (κ1) is 20.1. The first-order valence-corrected chi connectivity index (χ1v) is 9.32. The summed E-state index contributed by atoms with van der Waals surface area (Å²) >= 11 is 6.96. The Bertz CT molecular complexity index is 831. The second kappa shape index (κ2) is 8.96. The predicted octanol–water partition coefficient (Wildman–Crippen LogP) is 4.55. The number of esters is 1. The average molecular weight is 394 g/mol. The monoisotopic (exact) mass is 393 g/mol. The van der Waals surface area contributed by atoms with Crippen molar-refractivity contribution in [2.75, 3.05) is 5.32 Å². The molecule has 0 bridgehead atoms. The van der Waals surface area contributed by atoms with E-state index in [1.165, 1.54) is 18.3 Å². The van der Waals surface area contributed by atoms with Crippen LogP contribution < -0.4 is 5.32 Å². The number of amides is 1. The highest BCUT2D eigenvalue weighted by atomic mass is 35.5. The second-order valence-electron chi connectivity index (χ2n) is 5.97. The van der Waals surface area contributed by atoms with E-state index in [2.05, 4.69) is 5.32 Å². The molecule has 1 N–H and O–H groups in total. The Morgan fingerprint density at radius 2 is 1.88 bits per heavy atom. The Balaban J connectivity index is 1.82. The Morgan fingerprint density at radius 1 is 1.15 bits per heavy atom. The molecule has 0 radical (unpaired) electrons. The summed E-state index contributed by atoms with van der Waals surface area (Å²) in [6.07, 6.45) is -1.02. The molecule has 0 saturated heterocycles. The van der Waals surface area contributed by atoms with Gasteiger partial charge in [0.1, 0.15) is 0 Å². The Kier molecular flexibility index (Phi) is 6.94. The molecule has 0 spiro atoms. The fourth-order valence-corrected chi connectivity index (χ4v) is 3.31. The van der Waals surface area contributed by atoms with Gasteiger partial charge in [0.05, 0.1) is 15.6 Å². The molecule has 2 aromatic rings. The number of thiophene rings is 1. The summed E-state index contributed by atoms with van der Waals surface area (Å²) in [6.45, 7) is 5.35. The average Bonchev–Trinajstić information content (AvgIpc) is 3.01. The van der Waals surface area contributed by atoms with Gasteiger partial charge in [0.2, 0.25) is 0 Å². The predicted molar refractivity (Wildman–Crippen MR) is 103 cm³/mol. The third-order valence-electron chi connectivity index (χ3n) is 3.72. The highest BCUT2D eigenvalue weighted by Crippen LogP contribution is 2.23. The maximum atomic E-state index is 12.2. The first-order chi connectivity index (χ1) is 12.3. The third-order valence-corrected chi connectivity index (χ3v) is 4.99. The van der Waals surface area contributed by atoms with Gasteiger partial charge in [-0.1, -0.05) is 29.3 Å². The Hall–Kier alpha value is -2.18. The van der Waals surface area contributed by atoms with E-state index in [9.17, 15) is 14.4 Å². The molecule has 0 saturated carbocycles. The highest BCUT2D eigenvalue weighted by Gasteiger charge is 2.19. The number of hydrogen-bond donors (Lipinski definition) is 1. The van der Waals surface area contributed by atoms with Gasteiger partial charge in [0, 0.05) is 12.1 Å². The van der Waals surface area contributed by atoms with Crippen molar-refractivity contribution in [3.05, 3.63) is 50.7 Å². The summed E-state index contributed by atoms with van der Waals surface area (Å²) in [5, 5.41) is 2.74. The lowest BCUT2D eigenvalue weighted by Crippen LogP contribution is -2.30. The maximum absolute atomic E-state index is 12.2. The van der Waals surface area contributed by atoms with Crippen molar-refractivity contribution < 1.29 is 19.1 Å². The van der Waals surface area contributed by atoms with Crippen LogP contribution in [0.4, 0.5) is 5.69 Å². The van der Waals surface area contributed by atoms with Crippen molar-refractivity contribution in [3.8, 4) is 0 Å². The van der Waals surface area contributed by atoms with Crippen LogP contribution in [0.1, 0.15) is 40.6 Å². The SMILES string of the molecule is Cc1ccc(NC(=O)[C@@H](C)OC(=O)CCC(=O)c2ccc(Cl)s2)c(C)c1. The standard InChI is InChI=1S/C19H20ClNO4S/c1-11-4-5-14(12(2)10-11)21-19(24)13(3)25-18(23)9-6-15(22)16-7-8-17(20)26-16/h4-5,7-8,10,13H,6,9H2,1-3H3,(H,21,24)/t13-/m1/s1. The Labute approximate surface area is 161 Å². The molecule has 1 heterocycles. The summed E-state index contributed by atoms with van der Waals surface area (Å²) in [7, 11) is 0. The maximum Gasteiger partial charge on any atom is 0.307 e. The number of benzene rings is 1. The van der Waals surface area contributed by atoms with Gasteiger partial charge in [-0.2, -0.15) is 0 Å². The van der Waals surface area contributed by atoms with Gasteiger partial charge in [-0.3, -0.25) is 14.4 Å². The molecule has 0 aliphatic carbocycles. The zero-order valence-corrected chi connectivity index (χ0v) is 16.4. The minimum Gasteiger partial charge on any atom is -0.453 e. The van der Waals surface area contributed by atoms with Crippen molar-refractivity contribution >= 4 is 46.3 Å². The molecule has 1 atom stereocenters. The van der Waals surface area contributed by atoms with Gasteiger partial charge in [-0.25, -0.2) is 0 Å². The molecule has 2 rings (SSSR count). The molecular formula is C19H20ClNO4S. The number of rotatable bonds is 7. The smallest absolute Gasteiger partial charge is 0.307 e. The van der Waals surface area contributed by atoms with Crippen LogP contribution in [0.25, 0.3) is 0 Å². The van der Waals surface area contributed by atoms with Gasteiger partial charge in [-0.05, 0) is 44.5 Å². The van der Waals surface area contributed by atoms with Gasteiger partial charge in [0.15, 0.2) is 11.9 Å². The van der Waals surface area contributed by atoms with Crippen LogP contribution in [0.15, 0.2) is 30.3 Å². The minimum atomic E-state index is -0.950. The number of aryl methyl sites for hydroxylation is 2. The van der Waals surface area contributed by atoms with Gasteiger partial charge >= 0.3 is 5.97 Å². The number of carbonyl (C=O) groups excluding carboxylic acids is 3. The van der Waals surface area contributed by atoms with Crippen LogP contribution in [0.5, 0.6) is 0 Å². The van der Waals surface area contributed by atoms with E-state index in [0.717, 1.165) is 11.1 Å². The van der Waals surface area contributed by atoms with Crippen molar-refractivity contribution in [1.82, 2.24) is 0 Å². The number of ketones is 1. The summed E-state index contributed by atoms with van der Waals surface area (Å²) in [6, 6.07) is 8.91. The van der Waals surface area contributed by atoms with E-state index in [-0.39, 0.29) is 18.6 Å². The number of nitrogens with one attached hydrogen (secondary N) is 1. The van der Waals surface area contributed by atoms with E-state index in [1.807, 2.05) is 32.0 Å². The molecule has 7 heteroatoms. The van der Waals surface area contributed by atoms with Crippen LogP contribution in [-0.2, 0) is 14.3 Å². The minimum absolute atomic E-state index is 0.0150. The topological polar surface area (TPSA) is 72.5 Å². The number of carbonyl (C=O) groups is 3. The van der Waals surface area contributed by atoms with E-state index >= 15 is 0 Å². The van der Waals surface area contributed by atoms with Crippen LogP contribution in [0.2, 0.25) is 4.34 Å². The highest BCUT2D eigenvalue weighted by molar-refractivity contribution is 7.18. The van der Waals surface area contributed by atoms with Crippen LogP contribution in [-0.4, -0.2) is 23.8 Å². The molecule has 138 valence electrons. The van der Waals surface area contributed by atoms with Gasteiger partial charge < -0.3 is 10.1 Å². The van der Waals surface area contributed by atoms with Crippen molar-refractivity contribution in [2.45, 2.75) is 39.7 Å². The number of anilines is 1. The molecule has 26 heavy (non-hydrogen) atoms. The van der Waals surface area contributed by atoms with Crippen molar-refractivity contribution in [1.29, 1.82) is 0 Å². The Morgan fingerprint density at radius 3 is 2.50 bits per heavy atom. The van der Waals surface area contributed by atoms with Crippen LogP contribution in [0, 0.1) is 13.8 Å². The molecule has 0 fully saturated rings. The van der Waals surface area contributed by atoms with Gasteiger partial charge in [-0.15, -0.1) is 11.3 Å². The largest absolute Gasteiger partial charge is 0.453 e. The molecule has 1 amide bonds. The molecule has 1 aromatic carbocycles. The van der Waals surface area contributed by atoms with Crippen LogP contribution >= 0.6 is 22.9 Å². The number of Topliss-reactive ketones (excluding diaryl/α,β-unsaturated/α-hetero) is 1. The lowest BCUT2D eigenvalue weighted by molar-refractivity contribution is -0.153. The van der Waals surface area contributed by atoms with E-state index in [4.69, 9.17) is 16.3 Å². The van der Waals surface area contributed by atoms with Gasteiger partial charge in [0.25, 0.3) is 5.91 Å². The quantitative estimate of drug-likeness (QED) is 0.553. The molecule has 0 aliphatic heterocycles. The first-order valence-electron chi connectivity index (χ1n) is 8.12. The lowest BCUT2D eigenvalue weighted by Gasteiger charge is -2.15. The zero-order chi connectivity index (χ0) is 19.3. The number of ether oxygens (including phenoxy) is 1. The second-order valence-corrected chi connectivity index (χ2v) is 7.68. The third kappa shape index (κ3) is 5.68. The lowest BCUT2D eigenvalue weighted by atomic mass is 10.1. The molecule has 1 aromatic heterocycles. The summed E-state index contributed by atoms with van der Waals surface area (Å²) in [4.78, 5) is 36.5.